The molecule has 2 aromatic carbocycles. The van der Waals surface area contributed by atoms with Crippen LogP contribution in [0.1, 0.15) is 32.9 Å². The number of anilines is 1. The first-order valence-electron chi connectivity index (χ1n) is 10.9. The summed E-state index contributed by atoms with van der Waals surface area (Å²) in [6.45, 7) is -0.390. The highest BCUT2D eigenvalue weighted by molar-refractivity contribution is 7.10. The number of hydrogen-bond donors (Lipinski definition) is 1. The third-order valence-corrected chi connectivity index (χ3v) is 6.51. The lowest BCUT2D eigenvalue weighted by Gasteiger charge is -2.12. The molecule has 2 heterocycles. The van der Waals surface area contributed by atoms with Crippen LogP contribution in [-0.4, -0.2) is 30.6 Å². The normalized spacial score (nSPS) is 13.6. The van der Waals surface area contributed by atoms with Gasteiger partial charge in [0.25, 0.3) is 5.91 Å². The van der Waals surface area contributed by atoms with Crippen molar-refractivity contribution in [3.05, 3.63) is 87.7 Å². The fraction of sp³-hybridized carbons (Fsp3) is 0.148. The van der Waals surface area contributed by atoms with Gasteiger partial charge in [0.05, 0.1) is 23.9 Å². The second kappa shape index (κ2) is 9.49. The van der Waals surface area contributed by atoms with Crippen molar-refractivity contribution < 1.29 is 19.1 Å². The van der Waals surface area contributed by atoms with E-state index in [0.29, 0.717) is 23.4 Å². The standard InChI is InChI=1S/C27H22N2O4S/c1-32-19-7-4-6-18(15-19)28-24(30)16-33-27(31)25-21-9-2-3-10-23(21)29-26-17(11-12-22(25)26)14-20-8-5-13-34-20/h2-10,13-15H,11-12,16H2,1H3,(H,28,30). The van der Waals surface area contributed by atoms with Crippen LogP contribution in [0.5, 0.6) is 5.75 Å². The molecule has 0 saturated heterocycles. The van der Waals surface area contributed by atoms with Gasteiger partial charge >= 0.3 is 5.97 Å². The van der Waals surface area contributed by atoms with E-state index in [9.17, 15) is 9.59 Å². The Morgan fingerprint density at radius 3 is 2.79 bits per heavy atom. The summed E-state index contributed by atoms with van der Waals surface area (Å²) in [5.74, 6) is -0.317. The summed E-state index contributed by atoms with van der Waals surface area (Å²) in [5, 5.41) is 5.50. The Hall–Kier alpha value is -3.97. The van der Waals surface area contributed by atoms with Crippen molar-refractivity contribution in [1.29, 1.82) is 0 Å². The molecule has 0 saturated carbocycles. The third kappa shape index (κ3) is 4.43. The molecule has 0 atom stereocenters. The number of benzene rings is 2. The van der Waals surface area contributed by atoms with Crippen LogP contribution in [0.3, 0.4) is 0 Å². The minimum absolute atomic E-state index is 0.390. The molecule has 1 amide bonds. The highest BCUT2D eigenvalue weighted by atomic mass is 32.1. The lowest BCUT2D eigenvalue weighted by Crippen LogP contribution is -2.21. The summed E-state index contributed by atoms with van der Waals surface area (Å²) in [6.07, 6.45) is 3.63. The molecule has 2 aromatic heterocycles. The summed E-state index contributed by atoms with van der Waals surface area (Å²) in [5.41, 5.74) is 4.60. The first kappa shape index (κ1) is 21.9. The van der Waals surface area contributed by atoms with E-state index in [0.717, 1.165) is 39.0 Å². The molecular weight excluding hydrogens is 448 g/mol. The average molecular weight is 471 g/mol. The summed E-state index contributed by atoms with van der Waals surface area (Å²) >= 11 is 1.66. The Bertz CT molecular complexity index is 1410. The molecule has 4 aromatic rings. The maximum absolute atomic E-state index is 13.2. The number of esters is 1. The van der Waals surface area contributed by atoms with Crippen molar-refractivity contribution >= 4 is 51.5 Å². The lowest BCUT2D eigenvalue weighted by atomic mass is 10.0. The van der Waals surface area contributed by atoms with Crippen LogP contribution in [0.15, 0.2) is 66.0 Å². The van der Waals surface area contributed by atoms with E-state index in [4.69, 9.17) is 14.5 Å². The number of rotatable bonds is 6. The minimum Gasteiger partial charge on any atom is -0.497 e. The predicted molar refractivity (Wildman–Crippen MR) is 134 cm³/mol. The zero-order chi connectivity index (χ0) is 23.5. The van der Waals surface area contributed by atoms with Gasteiger partial charge in [-0.05, 0) is 59.7 Å². The number of hydrogen-bond acceptors (Lipinski definition) is 6. The summed E-state index contributed by atoms with van der Waals surface area (Å²) in [7, 11) is 1.56. The van der Waals surface area contributed by atoms with Gasteiger partial charge in [-0.3, -0.25) is 4.79 Å². The van der Waals surface area contributed by atoms with E-state index in [1.807, 2.05) is 35.7 Å². The van der Waals surface area contributed by atoms with Crippen LogP contribution in [-0.2, 0) is 16.0 Å². The summed E-state index contributed by atoms with van der Waals surface area (Å²) in [4.78, 5) is 31.7. The average Bonchev–Trinajstić information content (AvgIpc) is 3.51. The number of nitrogens with one attached hydrogen (secondary N) is 1. The number of thiophene rings is 1. The predicted octanol–water partition coefficient (Wildman–Crippen LogP) is 5.59. The van der Waals surface area contributed by atoms with Crippen molar-refractivity contribution in [1.82, 2.24) is 4.98 Å². The maximum Gasteiger partial charge on any atom is 0.339 e. The third-order valence-electron chi connectivity index (χ3n) is 5.69. The molecule has 34 heavy (non-hydrogen) atoms. The van der Waals surface area contributed by atoms with Gasteiger partial charge < -0.3 is 14.8 Å². The van der Waals surface area contributed by atoms with Gasteiger partial charge in [-0.25, -0.2) is 9.78 Å². The quantitative estimate of drug-likeness (QED) is 0.372. The van der Waals surface area contributed by atoms with Gasteiger partial charge in [0.2, 0.25) is 0 Å². The number of aromatic nitrogens is 1. The smallest absolute Gasteiger partial charge is 0.339 e. The molecular formula is C27H22N2O4S. The number of amides is 1. The van der Waals surface area contributed by atoms with E-state index < -0.39 is 11.9 Å². The van der Waals surface area contributed by atoms with E-state index in [1.165, 1.54) is 0 Å². The number of carbonyl (C=O) groups is 2. The molecule has 0 fully saturated rings. The van der Waals surface area contributed by atoms with Gasteiger partial charge in [0.15, 0.2) is 6.61 Å². The Labute approximate surface area is 200 Å². The maximum atomic E-state index is 13.2. The number of pyridine rings is 1. The first-order chi connectivity index (χ1) is 16.6. The van der Waals surface area contributed by atoms with Crippen LogP contribution < -0.4 is 10.1 Å². The molecule has 170 valence electrons. The van der Waals surface area contributed by atoms with Gasteiger partial charge in [-0.1, -0.05) is 30.3 Å². The SMILES string of the molecule is COc1cccc(NC(=O)COC(=O)c2c3c(nc4ccccc24)C(=Cc2cccs2)CC3)c1. The molecule has 1 aliphatic rings. The van der Waals surface area contributed by atoms with Crippen LogP contribution in [0.4, 0.5) is 5.69 Å². The Morgan fingerprint density at radius 1 is 1.09 bits per heavy atom. The number of methoxy groups -OCH3 is 1. The molecule has 5 rings (SSSR count). The van der Waals surface area contributed by atoms with Gasteiger partial charge in [0.1, 0.15) is 5.75 Å². The number of nitrogens with zero attached hydrogens (tertiary/aromatic N) is 1. The number of ether oxygens (including phenoxy) is 2. The Kier molecular flexibility index (Phi) is 6.10. The minimum atomic E-state index is -0.520. The highest BCUT2D eigenvalue weighted by Gasteiger charge is 2.28. The second-order valence-electron chi connectivity index (χ2n) is 7.87. The van der Waals surface area contributed by atoms with Gasteiger partial charge in [0, 0.05) is 22.0 Å². The monoisotopic (exact) mass is 470 g/mol. The number of carbonyl (C=O) groups excluding carboxylic acids is 2. The number of para-hydroxylation sites is 1. The lowest BCUT2D eigenvalue weighted by molar-refractivity contribution is -0.119. The van der Waals surface area contributed by atoms with Crippen LogP contribution in [0.2, 0.25) is 0 Å². The van der Waals surface area contributed by atoms with Crippen molar-refractivity contribution in [2.75, 3.05) is 19.0 Å². The van der Waals surface area contributed by atoms with Crippen LogP contribution >= 0.6 is 11.3 Å². The fourth-order valence-corrected chi connectivity index (χ4v) is 4.84. The van der Waals surface area contributed by atoms with E-state index in [1.54, 1.807) is 42.7 Å². The zero-order valence-corrected chi connectivity index (χ0v) is 19.4. The largest absolute Gasteiger partial charge is 0.497 e. The van der Waals surface area contributed by atoms with Crippen LogP contribution in [0.25, 0.3) is 22.6 Å². The molecule has 0 unspecified atom stereocenters. The van der Waals surface area contributed by atoms with Crippen molar-refractivity contribution in [3.8, 4) is 5.75 Å². The molecule has 6 nitrogen and oxygen atoms in total. The Balaban J connectivity index is 1.40. The van der Waals surface area contributed by atoms with Crippen molar-refractivity contribution in [2.45, 2.75) is 12.8 Å². The molecule has 0 aliphatic heterocycles. The number of fused-ring (bicyclic) bond motifs is 2. The molecule has 1 N–H and O–H groups in total. The van der Waals surface area contributed by atoms with Crippen molar-refractivity contribution in [3.63, 3.8) is 0 Å². The molecule has 0 bridgehead atoms. The highest BCUT2D eigenvalue weighted by Crippen LogP contribution is 2.38. The topological polar surface area (TPSA) is 77.5 Å². The van der Waals surface area contributed by atoms with E-state index >= 15 is 0 Å². The fourth-order valence-electron chi connectivity index (χ4n) is 4.16. The summed E-state index contributed by atoms with van der Waals surface area (Å²) < 4.78 is 10.6. The van der Waals surface area contributed by atoms with Gasteiger partial charge in [-0.15, -0.1) is 11.3 Å². The summed E-state index contributed by atoms with van der Waals surface area (Å²) in [6, 6.07) is 18.6. The Morgan fingerprint density at radius 2 is 1.97 bits per heavy atom. The molecule has 7 heteroatoms. The van der Waals surface area contributed by atoms with Crippen LogP contribution in [0, 0.1) is 0 Å². The molecule has 0 spiro atoms. The first-order valence-corrected chi connectivity index (χ1v) is 11.8. The molecule has 0 radical (unpaired) electrons. The number of allylic oxidation sites excluding steroid dienone is 1. The van der Waals surface area contributed by atoms with Crippen molar-refractivity contribution in [2.24, 2.45) is 0 Å². The molecule has 1 aliphatic carbocycles. The van der Waals surface area contributed by atoms with E-state index in [-0.39, 0.29) is 6.61 Å². The zero-order valence-electron chi connectivity index (χ0n) is 18.5. The second-order valence-corrected chi connectivity index (χ2v) is 8.85. The van der Waals surface area contributed by atoms with E-state index in [2.05, 4.69) is 17.5 Å². The van der Waals surface area contributed by atoms with Gasteiger partial charge in [-0.2, -0.15) is 0 Å².